The molecule has 0 saturated carbocycles. The Hall–Kier alpha value is -2.40. The fourth-order valence-electron chi connectivity index (χ4n) is 3.85. The fourth-order valence-corrected chi connectivity index (χ4v) is 7.14. The second kappa shape index (κ2) is 8.86. The Balaban J connectivity index is 1.21. The molecule has 0 atom stereocenters. The van der Waals surface area contributed by atoms with E-state index in [-0.39, 0.29) is 11.9 Å². The van der Waals surface area contributed by atoms with Crippen LogP contribution in [0.25, 0.3) is 10.4 Å². The summed E-state index contributed by atoms with van der Waals surface area (Å²) in [4.78, 5) is 16.5. The first-order valence-electron chi connectivity index (χ1n) is 10.3. The molecule has 2 aromatic heterocycles. The molecule has 2 aliphatic heterocycles. The third-order valence-electron chi connectivity index (χ3n) is 5.51. The Bertz CT molecular complexity index is 1210. The van der Waals surface area contributed by atoms with Gasteiger partial charge >= 0.3 is 0 Å². The van der Waals surface area contributed by atoms with Crippen molar-refractivity contribution in [3.63, 3.8) is 0 Å². The molecule has 1 fully saturated rings. The summed E-state index contributed by atoms with van der Waals surface area (Å²) in [5.74, 6) is 1.45. The quantitative estimate of drug-likeness (QED) is 0.588. The highest BCUT2D eigenvalue weighted by Gasteiger charge is 2.28. The van der Waals surface area contributed by atoms with Crippen LogP contribution in [0.1, 0.15) is 22.5 Å². The Morgan fingerprint density at radius 1 is 1.03 bits per heavy atom. The number of hydrogen-bond acceptors (Lipinski definition) is 7. The van der Waals surface area contributed by atoms with Gasteiger partial charge in [0.2, 0.25) is 10.0 Å². The van der Waals surface area contributed by atoms with E-state index in [0.29, 0.717) is 48.2 Å². The van der Waals surface area contributed by atoms with Crippen molar-refractivity contribution in [1.82, 2.24) is 9.62 Å². The summed E-state index contributed by atoms with van der Waals surface area (Å²) in [6.45, 7) is 2.13. The van der Waals surface area contributed by atoms with Gasteiger partial charge in [0.25, 0.3) is 5.91 Å². The number of ether oxygens (including phenoxy) is 2. The molecule has 168 valence electrons. The molecule has 4 heterocycles. The van der Waals surface area contributed by atoms with E-state index in [1.54, 1.807) is 22.4 Å². The summed E-state index contributed by atoms with van der Waals surface area (Å²) in [7, 11) is -3.49. The van der Waals surface area contributed by atoms with Gasteiger partial charge in [0.15, 0.2) is 11.5 Å². The first kappa shape index (κ1) is 21.4. The first-order chi connectivity index (χ1) is 15.5. The van der Waals surface area contributed by atoms with Gasteiger partial charge in [-0.1, -0.05) is 6.07 Å². The van der Waals surface area contributed by atoms with Crippen LogP contribution in [0.15, 0.2) is 52.1 Å². The summed E-state index contributed by atoms with van der Waals surface area (Å²) in [6.07, 6.45) is 1.19. The minimum atomic E-state index is -3.49. The average Bonchev–Trinajstić information content (AvgIpc) is 3.52. The molecule has 0 radical (unpaired) electrons. The summed E-state index contributed by atoms with van der Waals surface area (Å²) >= 11 is 2.65. The Morgan fingerprint density at radius 3 is 2.56 bits per heavy atom. The second-order valence-corrected chi connectivity index (χ2v) is 11.6. The molecule has 3 aromatic rings. The van der Waals surface area contributed by atoms with Gasteiger partial charge in [0, 0.05) is 24.0 Å². The Labute approximate surface area is 194 Å². The van der Waals surface area contributed by atoms with Crippen molar-refractivity contribution < 1.29 is 22.7 Å². The summed E-state index contributed by atoms with van der Waals surface area (Å²) in [6, 6.07) is 12.8. The van der Waals surface area contributed by atoms with Crippen LogP contribution >= 0.6 is 22.7 Å². The van der Waals surface area contributed by atoms with E-state index in [4.69, 9.17) is 9.47 Å². The molecule has 2 aliphatic rings. The number of amides is 1. The smallest absolute Gasteiger partial charge is 0.263 e. The lowest BCUT2D eigenvalue weighted by Gasteiger charge is -2.31. The number of nitrogens with one attached hydrogen (secondary N) is 1. The van der Waals surface area contributed by atoms with E-state index >= 15 is 0 Å². The minimum absolute atomic E-state index is 0.0154. The average molecular weight is 491 g/mol. The highest BCUT2D eigenvalue weighted by molar-refractivity contribution is 7.91. The molecule has 0 unspecified atom stereocenters. The summed E-state index contributed by atoms with van der Waals surface area (Å²) in [5, 5.41) is 1.75. The lowest BCUT2D eigenvalue weighted by atomic mass is 10.1. The largest absolute Gasteiger partial charge is 0.486 e. The van der Waals surface area contributed by atoms with Crippen LogP contribution < -0.4 is 14.2 Å². The molecular formula is C22H22N2O5S3. The van der Waals surface area contributed by atoms with Gasteiger partial charge < -0.3 is 14.4 Å². The van der Waals surface area contributed by atoms with Crippen molar-refractivity contribution in [3.05, 3.63) is 52.7 Å². The van der Waals surface area contributed by atoms with Gasteiger partial charge in [-0.25, -0.2) is 13.1 Å². The van der Waals surface area contributed by atoms with E-state index in [2.05, 4.69) is 4.72 Å². The predicted molar refractivity (Wildman–Crippen MR) is 124 cm³/mol. The molecule has 0 bridgehead atoms. The maximum Gasteiger partial charge on any atom is 0.263 e. The zero-order valence-electron chi connectivity index (χ0n) is 17.2. The number of fused-ring (bicyclic) bond motifs is 1. The first-order valence-corrected chi connectivity index (χ1v) is 13.5. The highest BCUT2D eigenvalue weighted by atomic mass is 32.2. The van der Waals surface area contributed by atoms with Crippen LogP contribution in [0.5, 0.6) is 11.5 Å². The highest BCUT2D eigenvalue weighted by Crippen LogP contribution is 2.37. The van der Waals surface area contributed by atoms with E-state index in [0.717, 1.165) is 21.9 Å². The van der Waals surface area contributed by atoms with Crippen molar-refractivity contribution in [2.45, 2.75) is 23.1 Å². The maximum atomic E-state index is 13.0. The van der Waals surface area contributed by atoms with Crippen LogP contribution in [0.2, 0.25) is 0 Å². The van der Waals surface area contributed by atoms with Gasteiger partial charge in [-0.3, -0.25) is 4.79 Å². The molecular weight excluding hydrogens is 468 g/mol. The fraction of sp³-hybridized carbons (Fsp3) is 0.318. The van der Waals surface area contributed by atoms with E-state index < -0.39 is 10.0 Å². The summed E-state index contributed by atoms with van der Waals surface area (Å²) < 4.78 is 39.2. The molecule has 7 nitrogen and oxygen atoms in total. The Kier molecular flexibility index (Phi) is 5.93. The van der Waals surface area contributed by atoms with Crippen molar-refractivity contribution in [1.29, 1.82) is 0 Å². The number of piperidine rings is 1. The van der Waals surface area contributed by atoms with Gasteiger partial charge in [-0.05, 0) is 60.2 Å². The number of nitrogens with zero attached hydrogens (tertiary/aromatic N) is 1. The molecule has 0 aliphatic carbocycles. The maximum absolute atomic E-state index is 13.0. The van der Waals surface area contributed by atoms with Gasteiger partial charge in [0.1, 0.15) is 17.4 Å². The van der Waals surface area contributed by atoms with Crippen LogP contribution in [0.4, 0.5) is 0 Å². The zero-order valence-corrected chi connectivity index (χ0v) is 19.6. The number of hydrogen-bond donors (Lipinski definition) is 1. The molecule has 1 amide bonds. The topological polar surface area (TPSA) is 84.9 Å². The van der Waals surface area contributed by atoms with Gasteiger partial charge in [0.05, 0.1) is 4.88 Å². The van der Waals surface area contributed by atoms with Gasteiger partial charge in [-0.2, -0.15) is 0 Å². The van der Waals surface area contributed by atoms with E-state index in [1.807, 2.05) is 30.3 Å². The standard InChI is InChI=1S/C22H22N2O5S3/c25-22(24-9-7-16(8-10-24)23-32(26,27)21-2-1-13-30-21)20-6-5-19(31-20)15-3-4-17-18(14-15)29-12-11-28-17/h1-6,13-14,16,23H,7-12H2. The van der Waals surface area contributed by atoms with E-state index in [1.165, 1.54) is 22.7 Å². The number of sulfonamides is 1. The van der Waals surface area contributed by atoms with Crippen LogP contribution in [0, 0.1) is 0 Å². The molecule has 1 saturated heterocycles. The predicted octanol–water partition coefficient (Wildman–Crippen LogP) is 3.83. The van der Waals surface area contributed by atoms with Crippen LogP contribution in [-0.2, 0) is 10.0 Å². The second-order valence-electron chi connectivity index (χ2n) is 7.64. The molecule has 0 spiro atoms. The number of thiophene rings is 2. The molecule has 10 heteroatoms. The van der Waals surface area contributed by atoms with Gasteiger partial charge in [-0.15, -0.1) is 22.7 Å². The normalized spacial score (nSPS) is 16.8. The third-order valence-corrected chi connectivity index (χ3v) is 9.55. The third kappa shape index (κ3) is 4.40. The lowest BCUT2D eigenvalue weighted by Crippen LogP contribution is -2.46. The minimum Gasteiger partial charge on any atom is -0.486 e. The monoisotopic (exact) mass is 490 g/mol. The van der Waals surface area contributed by atoms with Crippen LogP contribution in [0.3, 0.4) is 0 Å². The molecule has 32 heavy (non-hydrogen) atoms. The number of carbonyl (C=O) groups excluding carboxylic acids is 1. The zero-order chi connectivity index (χ0) is 22.1. The van der Waals surface area contributed by atoms with Crippen molar-refractivity contribution in [2.75, 3.05) is 26.3 Å². The van der Waals surface area contributed by atoms with Crippen molar-refractivity contribution in [2.24, 2.45) is 0 Å². The van der Waals surface area contributed by atoms with Crippen molar-refractivity contribution >= 4 is 38.6 Å². The number of rotatable bonds is 5. The molecule has 1 aromatic carbocycles. The number of carbonyl (C=O) groups is 1. The molecule has 5 rings (SSSR count). The van der Waals surface area contributed by atoms with Crippen LogP contribution in [-0.4, -0.2) is 51.6 Å². The SMILES string of the molecule is O=C(c1ccc(-c2ccc3c(c2)OCCO3)s1)N1CCC(NS(=O)(=O)c2cccs2)CC1. The van der Waals surface area contributed by atoms with Crippen molar-refractivity contribution in [3.8, 4) is 21.9 Å². The number of likely N-dealkylation sites (tertiary alicyclic amines) is 1. The van der Waals surface area contributed by atoms with E-state index in [9.17, 15) is 13.2 Å². The summed E-state index contributed by atoms with van der Waals surface area (Å²) in [5.41, 5.74) is 0.986. The number of benzene rings is 1. The Morgan fingerprint density at radius 2 is 1.81 bits per heavy atom. The molecule has 1 N–H and O–H groups in total. The lowest BCUT2D eigenvalue weighted by molar-refractivity contribution is 0.0716.